The molecule has 6 heteroatoms. The van der Waals surface area contributed by atoms with E-state index in [1.54, 1.807) is 24.0 Å². The van der Waals surface area contributed by atoms with Gasteiger partial charge in [0.25, 0.3) is 11.8 Å². The lowest BCUT2D eigenvalue weighted by atomic mass is 10.1. The van der Waals surface area contributed by atoms with Crippen LogP contribution in [-0.2, 0) is 20.0 Å². The zero-order valence-corrected chi connectivity index (χ0v) is 16.0. The zero-order valence-electron chi connectivity index (χ0n) is 16.0. The molecular formula is C22H22N4O2. The summed E-state index contributed by atoms with van der Waals surface area (Å²) in [6.45, 7) is 3.12. The monoisotopic (exact) mass is 374 g/mol. The minimum Gasteiger partial charge on any atom is -0.347 e. The quantitative estimate of drug-likeness (QED) is 0.764. The third kappa shape index (κ3) is 3.41. The number of anilines is 1. The van der Waals surface area contributed by atoms with Crippen LogP contribution < -0.4 is 10.2 Å². The lowest BCUT2D eigenvalue weighted by molar-refractivity contribution is 0.0940. The minimum atomic E-state index is -0.156. The maximum atomic E-state index is 12.8. The summed E-state index contributed by atoms with van der Waals surface area (Å²) in [5, 5.41) is 6.93. The highest BCUT2D eigenvalue weighted by molar-refractivity contribution is 6.07. The Hall–Kier alpha value is -3.41. The SMILES string of the molecule is Cc1ccc(C(=O)N2CCc3cc(CNC(=O)c4ccnn4C)ccc32)cc1. The molecule has 1 aliphatic heterocycles. The van der Waals surface area contributed by atoms with Crippen molar-refractivity contribution in [1.82, 2.24) is 15.1 Å². The van der Waals surface area contributed by atoms with Crippen LogP contribution in [-0.4, -0.2) is 28.1 Å². The molecule has 1 aromatic heterocycles. The number of fused-ring (bicyclic) bond motifs is 1. The Kier molecular flexibility index (Phi) is 4.69. The van der Waals surface area contributed by atoms with Gasteiger partial charge in [-0.3, -0.25) is 14.3 Å². The number of rotatable bonds is 4. The summed E-state index contributed by atoms with van der Waals surface area (Å²) in [6, 6.07) is 15.4. The average molecular weight is 374 g/mol. The fourth-order valence-electron chi connectivity index (χ4n) is 3.50. The van der Waals surface area contributed by atoms with Crippen molar-refractivity contribution < 1.29 is 9.59 Å². The molecule has 0 radical (unpaired) electrons. The number of hydrogen-bond donors (Lipinski definition) is 1. The van der Waals surface area contributed by atoms with Gasteiger partial charge in [-0.1, -0.05) is 29.8 Å². The standard InChI is InChI=1S/C22H22N4O2/c1-15-3-6-17(7-4-15)22(28)26-12-10-18-13-16(5-8-19(18)26)14-23-21(27)20-9-11-24-25(20)2/h3-9,11,13H,10,12,14H2,1-2H3,(H,23,27). The molecule has 142 valence electrons. The fourth-order valence-corrected chi connectivity index (χ4v) is 3.50. The van der Waals surface area contributed by atoms with Crippen LogP contribution in [0.25, 0.3) is 0 Å². The normalized spacial score (nSPS) is 12.7. The van der Waals surface area contributed by atoms with Gasteiger partial charge in [0.05, 0.1) is 0 Å². The van der Waals surface area contributed by atoms with E-state index in [2.05, 4.69) is 16.5 Å². The molecule has 1 N–H and O–H groups in total. The highest BCUT2D eigenvalue weighted by atomic mass is 16.2. The molecular weight excluding hydrogens is 352 g/mol. The van der Waals surface area contributed by atoms with E-state index in [4.69, 9.17) is 0 Å². The highest BCUT2D eigenvalue weighted by Crippen LogP contribution is 2.30. The summed E-state index contributed by atoms with van der Waals surface area (Å²) in [5.41, 5.74) is 5.46. The van der Waals surface area contributed by atoms with Gasteiger partial charge in [-0.25, -0.2) is 0 Å². The summed E-state index contributed by atoms with van der Waals surface area (Å²) in [6.07, 6.45) is 2.42. The van der Waals surface area contributed by atoms with Crippen molar-refractivity contribution in [3.05, 3.63) is 82.7 Å². The lowest BCUT2D eigenvalue weighted by Gasteiger charge is -2.18. The summed E-state index contributed by atoms with van der Waals surface area (Å²) in [5.74, 6) is -0.132. The van der Waals surface area contributed by atoms with Crippen LogP contribution in [0.3, 0.4) is 0 Å². The summed E-state index contributed by atoms with van der Waals surface area (Å²) < 4.78 is 1.55. The third-order valence-electron chi connectivity index (χ3n) is 5.09. The molecule has 0 aliphatic carbocycles. The van der Waals surface area contributed by atoms with Crippen molar-refractivity contribution in [3.8, 4) is 0 Å². The molecule has 2 aromatic carbocycles. The van der Waals surface area contributed by atoms with E-state index in [9.17, 15) is 9.59 Å². The number of amides is 2. The van der Waals surface area contributed by atoms with Crippen LogP contribution in [0.5, 0.6) is 0 Å². The highest BCUT2D eigenvalue weighted by Gasteiger charge is 2.25. The minimum absolute atomic E-state index is 0.0241. The first kappa shape index (κ1) is 18.0. The van der Waals surface area contributed by atoms with E-state index in [-0.39, 0.29) is 11.8 Å². The first-order valence-corrected chi connectivity index (χ1v) is 9.29. The van der Waals surface area contributed by atoms with Gasteiger partial charge in [0.15, 0.2) is 0 Å². The molecule has 28 heavy (non-hydrogen) atoms. The van der Waals surface area contributed by atoms with Crippen LogP contribution in [0.15, 0.2) is 54.7 Å². The fraction of sp³-hybridized carbons (Fsp3) is 0.227. The maximum absolute atomic E-state index is 12.8. The van der Waals surface area contributed by atoms with Crippen LogP contribution >= 0.6 is 0 Å². The second-order valence-corrected chi connectivity index (χ2v) is 7.06. The molecule has 0 fully saturated rings. The molecule has 1 aliphatic rings. The third-order valence-corrected chi connectivity index (χ3v) is 5.09. The number of hydrogen-bond acceptors (Lipinski definition) is 3. The number of aromatic nitrogens is 2. The first-order chi connectivity index (χ1) is 13.5. The van der Waals surface area contributed by atoms with E-state index in [1.807, 2.05) is 48.2 Å². The number of nitrogens with one attached hydrogen (secondary N) is 1. The number of carbonyl (C=O) groups excluding carboxylic acids is 2. The summed E-state index contributed by atoms with van der Waals surface area (Å²) in [7, 11) is 1.74. The molecule has 0 atom stereocenters. The van der Waals surface area contributed by atoms with Gasteiger partial charge in [0, 0.05) is 37.6 Å². The maximum Gasteiger partial charge on any atom is 0.269 e. The molecule has 0 spiro atoms. The Morgan fingerprint density at radius 2 is 1.89 bits per heavy atom. The Bertz CT molecular complexity index is 1040. The number of aryl methyl sites for hydroxylation is 2. The molecule has 2 amide bonds. The average Bonchev–Trinajstić information content (AvgIpc) is 3.32. The summed E-state index contributed by atoms with van der Waals surface area (Å²) in [4.78, 5) is 26.9. The Balaban J connectivity index is 1.46. The van der Waals surface area contributed by atoms with Crippen molar-refractivity contribution in [2.75, 3.05) is 11.4 Å². The Morgan fingerprint density at radius 1 is 1.11 bits per heavy atom. The number of benzene rings is 2. The Labute approximate surface area is 163 Å². The van der Waals surface area contributed by atoms with Gasteiger partial charge in [-0.15, -0.1) is 0 Å². The molecule has 4 rings (SSSR count). The van der Waals surface area contributed by atoms with E-state index in [1.165, 1.54) is 0 Å². The predicted octanol–water partition coefficient (Wildman–Crippen LogP) is 2.86. The molecule has 6 nitrogen and oxygen atoms in total. The van der Waals surface area contributed by atoms with E-state index in [0.717, 1.165) is 28.8 Å². The van der Waals surface area contributed by atoms with E-state index < -0.39 is 0 Å². The van der Waals surface area contributed by atoms with Crippen molar-refractivity contribution in [2.45, 2.75) is 19.9 Å². The smallest absolute Gasteiger partial charge is 0.269 e. The van der Waals surface area contributed by atoms with E-state index in [0.29, 0.717) is 24.3 Å². The molecule has 0 saturated heterocycles. The number of carbonyl (C=O) groups is 2. The molecule has 0 bridgehead atoms. The van der Waals surface area contributed by atoms with Crippen LogP contribution in [0.4, 0.5) is 5.69 Å². The first-order valence-electron chi connectivity index (χ1n) is 9.29. The van der Waals surface area contributed by atoms with Crippen LogP contribution in [0, 0.1) is 6.92 Å². The summed E-state index contributed by atoms with van der Waals surface area (Å²) >= 11 is 0. The van der Waals surface area contributed by atoms with Crippen molar-refractivity contribution >= 4 is 17.5 Å². The number of nitrogens with zero attached hydrogens (tertiary/aromatic N) is 3. The largest absolute Gasteiger partial charge is 0.347 e. The molecule has 2 heterocycles. The topological polar surface area (TPSA) is 67.2 Å². The molecule has 0 unspecified atom stereocenters. The van der Waals surface area contributed by atoms with Crippen LogP contribution in [0.2, 0.25) is 0 Å². The predicted molar refractivity (Wildman–Crippen MR) is 107 cm³/mol. The van der Waals surface area contributed by atoms with Gasteiger partial charge >= 0.3 is 0 Å². The van der Waals surface area contributed by atoms with Crippen molar-refractivity contribution in [2.24, 2.45) is 7.05 Å². The van der Waals surface area contributed by atoms with Gasteiger partial charge < -0.3 is 10.2 Å². The van der Waals surface area contributed by atoms with Gasteiger partial charge in [0.1, 0.15) is 5.69 Å². The zero-order chi connectivity index (χ0) is 19.7. The van der Waals surface area contributed by atoms with Gasteiger partial charge in [-0.05, 0) is 48.7 Å². The van der Waals surface area contributed by atoms with Gasteiger partial charge in [-0.2, -0.15) is 5.10 Å². The van der Waals surface area contributed by atoms with Crippen molar-refractivity contribution in [3.63, 3.8) is 0 Å². The van der Waals surface area contributed by atoms with E-state index >= 15 is 0 Å². The van der Waals surface area contributed by atoms with Crippen molar-refractivity contribution in [1.29, 1.82) is 0 Å². The second-order valence-electron chi connectivity index (χ2n) is 7.06. The second kappa shape index (κ2) is 7.31. The lowest BCUT2D eigenvalue weighted by Crippen LogP contribution is -2.28. The van der Waals surface area contributed by atoms with Crippen LogP contribution in [0.1, 0.15) is 37.5 Å². The molecule has 0 saturated carbocycles. The Morgan fingerprint density at radius 3 is 2.61 bits per heavy atom. The molecule has 3 aromatic rings. The van der Waals surface area contributed by atoms with Gasteiger partial charge in [0.2, 0.25) is 0 Å².